The highest BCUT2D eigenvalue weighted by molar-refractivity contribution is 5.82. The maximum atomic E-state index is 13.1. The Hall–Kier alpha value is -2.70. The third kappa shape index (κ3) is 16.7. The lowest BCUT2D eigenvalue weighted by Crippen LogP contribution is -2.66. The molecule has 0 aromatic heterocycles. The predicted octanol–water partition coefficient (Wildman–Crippen LogP) is -8.78. The van der Waals surface area contributed by atoms with E-state index in [1.54, 1.807) is 0 Å². The summed E-state index contributed by atoms with van der Waals surface area (Å²) in [4.78, 5) is 25.9. The van der Waals surface area contributed by atoms with Gasteiger partial charge in [0.2, 0.25) is 0 Å². The number of aliphatic hydroxyl groups excluding tert-OH is 19. The van der Waals surface area contributed by atoms with E-state index >= 15 is 0 Å². The fraction of sp³-hybridized carbons (Fsp3) is 0.895. The summed E-state index contributed by atoms with van der Waals surface area (Å²) in [5, 5.41) is 202. The van der Waals surface area contributed by atoms with Gasteiger partial charge in [0.15, 0.2) is 37.4 Å². The van der Waals surface area contributed by atoms with E-state index in [0.29, 0.717) is 19.3 Å². The minimum atomic E-state index is -2.02. The van der Waals surface area contributed by atoms with Gasteiger partial charge in [0.1, 0.15) is 117 Å². The van der Waals surface area contributed by atoms with Crippen molar-refractivity contribution < 1.29 is 159 Å². The first kappa shape index (κ1) is 70.6. The quantitative estimate of drug-likeness (QED) is 0.0324. The maximum Gasteiger partial charge on any atom is 0.330 e. The molecule has 0 amide bonds. The molecule has 15 unspecified atom stereocenters. The molecule has 0 aromatic carbocycles. The summed E-state index contributed by atoms with van der Waals surface area (Å²) in [7, 11) is 0. The van der Waals surface area contributed by atoms with Gasteiger partial charge in [-0.05, 0) is 76.0 Å². The van der Waals surface area contributed by atoms with E-state index in [9.17, 15) is 107 Å². The number of hydrogen-bond donors (Lipinski definition) is 19. The lowest BCUT2D eigenvalue weighted by atomic mass is 9.72. The van der Waals surface area contributed by atoms with Crippen LogP contribution in [-0.4, -0.2) is 330 Å². The van der Waals surface area contributed by atoms with E-state index in [2.05, 4.69) is 0 Å². The Kier molecular flexibility index (Phi) is 24.8. The normalized spacial score (nSPS) is 50.1. The third-order valence-electron chi connectivity index (χ3n) is 19.2. The number of fused-ring (bicyclic) bond motifs is 1. The second-order valence-corrected chi connectivity index (χ2v) is 25.3. The minimum Gasteiger partial charge on any atom is -0.460 e. The Morgan fingerprint density at radius 1 is 0.404 bits per heavy atom. The lowest BCUT2D eigenvalue weighted by Gasteiger charge is -2.49. The molecule has 510 valence electrons. The first-order valence-electron chi connectivity index (χ1n) is 30.8. The van der Waals surface area contributed by atoms with Crippen LogP contribution in [0, 0.1) is 23.7 Å². The van der Waals surface area contributed by atoms with E-state index in [0.717, 1.165) is 12.2 Å². The summed E-state index contributed by atoms with van der Waals surface area (Å²) < 4.78 is 62.7. The van der Waals surface area contributed by atoms with Crippen LogP contribution < -0.4 is 0 Å². The van der Waals surface area contributed by atoms with Crippen molar-refractivity contribution in [2.75, 3.05) is 26.4 Å². The van der Waals surface area contributed by atoms with Crippen LogP contribution in [-0.2, 0) is 57.0 Å². The van der Waals surface area contributed by atoms with Gasteiger partial charge in [-0.1, -0.05) is 12.2 Å². The highest BCUT2D eigenvalue weighted by atomic mass is 16.8. The van der Waals surface area contributed by atoms with Crippen LogP contribution in [0.5, 0.6) is 0 Å². The number of carbonyl (C=O) groups excluding carboxylic acids is 2. The van der Waals surface area contributed by atoms with Crippen molar-refractivity contribution >= 4 is 11.9 Å². The Morgan fingerprint density at radius 3 is 1.45 bits per heavy atom. The van der Waals surface area contributed by atoms with Crippen LogP contribution >= 0.6 is 0 Å². The van der Waals surface area contributed by atoms with Gasteiger partial charge in [-0.15, -0.1) is 0 Å². The molecule has 0 spiro atoms. The van der Waals surface area contributed by atoms with E-state index in [-0.39, 0.29) is 69.6 Å². The number of hydrogen-bond acceptors (Lipinski definition) is 31. The molecule has 35 atom stereocenters. The molecule has 32 heteroatoms. The van der Waals surface area contributed by atoms with E-state index in [1.807, 2.05) is 0 Å². The van der Waals surface area contributed by atoms with Crippen molar-refractivity contribution in [3.63, 3.8) is 0 Å². The topological polar surface area (TPSA) is 524 Å². The van der Waals surface area contributed by atoms with Crippen molar-refractivity contribution in [3.05, 3.63) is 24.3 Å². The fourth-order valence-electron chi connectivity index (χ4n) is 13.8. The molecule has 5 heterocycles. The van der Waals surface area contributed by atoms with Gasteiger partial charge in [0.05, 0.1) is 68.0 Å². The zero-order valence-electron chi connectivity index (χ0n) is 48.7. The monoisotopic (exact) mass is 1290 g/mol. The van der Waals surface area contributed by atoms with Gasteiger partial charge in [0, 0.05) is 30.9 Å². The smallest absolute Gasteiger partial charge is 0.330 e. The number of carbonyl (C=O) groups is 2. The Balaban J connectivity index is 0.741. The summed E-state index contributed by atoms with van der Waals surface area (Å²) in [5.41, 5.74) is 0. The Bertz CT molecular complexity index is 2300. The summed E-state index contributed by atoms with van der Waals surface area (Å²) in [6.45, 7) is -2.82. The molecular formula is C57H91O32+. The Labute approximate surface area is 510 Å². The average molecular weight is 1290 g/mol. The van der Waals surface area contributed by atoms with Crippen LogP contribution in [0.2, 0.25) is 0 Å². The second kappa shape index (κ2) is 31.2. The van der Waals surface area contributed by atoms with Crippen LogP contribution in [0.3, 0.4) is 0 Å². The average Bonchev–Trinajstić information content (AvgIpc) is 0.938. The molecule has 20 N–H and O–H groups in total. The number of ether oxygens (including phenoxy) is 11. The molecule has 32 nitrogen and oxygen atoms in total. The lowest BCUT2D eigenvalue weighted by molar-refractivity contribution is -0.387. The van der Waals surface area contributed by atoms with E-state index in [1.165, 1.54) is 12.2 Å². The molecule has 9 fully saturated rings. The van der Waals surface area contributed by atoms with E-state index in [4.69, 9.17) is 52.1 Å². The molecule has 0 aromatic rings. The standard InChI is InChI=1S/C57H90O32/c58-17-35-41(68)45(72)49(76)55(85-35)83-33-12-22(1-6-27(33)62)4-10-40(67)79-19-37-43(70)46(73)50(77)54(87-37)82-31-8-2-21(11-30(31)65)3-9-39(66)80-20-38-44(71)47(74)51(78)56(88-38)89-53-48(75)42(69)36(18-59)86-57(53)84-34-16-25-28(63)14-24(60)15-32(25)81-52(34)23-5-7-26(61)29(64)13-23/h3-4,9-10,21-38,41-65,68-78H,1-2,5-8,11-20H2/p+1/t21?,22?,23?,24?,25?,26?,27?,28?,29?,30?,31?,32?,33?,34?,35-,36-,37-,38-,41-,42-,43-,44-,45+,46+,47+,48+,49-,50-,51-,52?,53-,54-,55-,56+,57-/m1/s1. The number of rotatable bonds is 19. The molecule has 4 saturated carbocycles. The first-order chi connectivity index (χ1) is 42.3. The zero-order chi connectivity index (χ0) is 64.3. The summed E-state index contributed by atoms with van der Waals surface area (Å²) >= 11 is 0. The third-order valence-corrected chi connectivity index (χ3v) is 19.2. The van der Waals surface area contributed by atoms with Gasteiger partial charge in [-0.3, -0.25) is 0 Å². The fourth-order valence-corrected chi connectivity index (χ4v) is 13.8. The van der Waals surface area contributed by atoms with Gasteiger partial charge < -0.3 is 149 Å². The van der Waals surface area contributed by atoms with Crippen molar-refractivity contribution in [2.24, 2.45) is 23.7 Å². The molecular weight excluding hydrogens is 1200 g/mol. The summed E-state index contributed by atoms with van der Waals surface area (Å²) in [6.07, 6.45) is -36.6. The molecule has 4 aliphatic carbocycles. The van der Waals surface area contributed by atoms with Crippen molar-refractivity contribution in [3.8, 4) is 0 Å². The first-order valence-corrected chi connectivity index (χ1v) is 30.8. The largest absolute Gasteiger partial charge is 0.460 e. The summed E-state index contributed by atoms with van der Waals surface area (Å²) in [6, 6.07) is 0. The molecule has 89 heavy (non-hydrogen) atoms. The summed E-state index contributed by atoms with van der Waals surface area (Å²) in [5.74, 6) is -3.51. The van der Waals surface area contributed by atoms with E-state index < -0.39 is 240 Å². The molecule has 0 radical (unpaired) electrons. The van der Waals surface area contributed by atoms with Crippen molar-refractivity contribution in [2.45, 2.75) is 267 Å². The van der Waals surface area contributed by atoms with Crippen molar-refractivity contribution in [1.82, 2.24) is 0 Å². The highest BCUT2D eigenvalue weighted by Gasteiger charge is 2.57. The molecule has 5 aliphatic heterocycles. The number of allylic oxidation sites excluding steroid dienone is 2. The Morgan fingerprint density at radius 2 is 0.888 bits per heavy atom. The van der Waals surface area contributed by atoms with Gasteiger partial charge in [-0.25, -0.2) is 9.59 Å². The van der Waals surface area contributed by atoms with Crippen LogP contribution in [0.15, 0.2) is 24.3 Å². The zero-order valence-corrected chi connectivity index (χ0v) is 48.7. The number of esters is 2. The van der Waals surface area contributed by atoms with Crippen LogP contribution in [0.1, 0.15) is 77.0 Å². The maximum absolute atomic E-state index is 13.1. The minimum absolute atomic E-state index is 0.0103. The molecule has 9 aliphatic rings. The molecule has 5 saturated heterocycles. The van der Waals surface area contributed by atoms with Gasteiger partial charge >= 0.3 is 11.9 Å². The van der Waals surface area contributed by atoms with Crippen molar-refractivity contribution in [1.29, 1.82) is 0 Å². The second-order valence-electron chi connectivity index (χ2n) is 25.3. The number of aliphatic hydroxyl groups is 21. The highest BCUT2D eigenvalue weighted by Crippen LogP contribution is 2.43. The molecule has 9 rings (SSSR count). The van der Waals surface area contributed by atoms with Crippen LogP contribution in [0.25, 0.3) is 0 Å². The van der Waals surface area contributed by atoms with Crippen LogP contribution in [0.4, 0.5) is 0 Å². The predicted molar refractivity (Wildman–Crippen MR) is 290 cm³/mol. The SMILES string of the molecule is O=C(C=CC1CCC(O)C(O[C@@H]2O[C@H](CO)[C@@H](O)[C@H](O)[C@H]2O)C1)OC[C@H]1O[C@@H](OC2CCC(C=CC(=O)OC[C@H]3O[C@@H](O[C@H]4[C@H](OC5CC6C(O)CC(O)CC6[OH+]C5C5CCC(O)C(O)C5)O[C@H](CO)[C@@H](O)[C@@H]4O)[C@H](O)[C@@H](O)[C@@H]3O)CC2O)[C@H](O)[C@@H](O)[C@@H]1O. The molecule has 0 bridgehead atoms. The van der Waals surface area contributed by atoms with Gasteiger partial charge in [-0.2, -0.15) is 0 Å². The van der Waals surface area contributed by atoms with Gasteiger partial charge in [0.25, 0.3) is 0 Å².